The molecule has 0 aromatic rings. The predicted octanol–water partition coefficient (Wildman–Crippen LogP) is 0.0878. The Balaban J connectivity index is 1.91. The van der Waals surface area contributed by atoms with E-state index in [1.54, 1.807) is 0 Å². The molecule has 74 valence electrons. The predicted molar refractivity (Wildman–Crippen MR) is 44.0 cm³/mol. The maximum atomic E-state index is 10.7. The van der Waals surface area contributed by atoms with Crippen molar-refractivity contribution in [3.8, 4) is 0 Å². The van der Waals surface area contributed by atoms with Crippen LogP contribution in [0.4, 0.5) is 0 Å². The lowest BCUT2D eigenvalue weighted by molar-refractivity contribution is -0.146. The summed E-state index contributed by atoms with van der Waals surface area (Å²) in [5.74, 6) is -0.0798. The van der Waals surface area contributed by atoms with Gasteiger partial charge in [0, 0.05) is 19.3 Å². The molecule has 4 nitrogen and oxygen atoms in total. The van der Waals surface area contributed by atoms with Gasteiger partial charge in [0.15, 0.2) is 0 Å². The van der Waals surface area contributed by atoms with Gasteiger partial charge in [-0.25, -0.2) is 0 Å². The van der Waals surface area contributed by atoms with E-state index in [0.29, 0.717) is 6.61 Å². The maximum absolute atomic E-state index is 10.7. The number of carbonyl (C=O) groups is 1. The lowest BCUT2D eigenvalue weighted by Gasteiger charge is -2.12. The van der Waals surface area contributed by atoms with Crippen LogP contribution in [0, 0.1) is 5.92 Å². The van der Waals surface area contributed by atoms with Crippen molar-refractivity contribution < 1.29 is 19.4 Å². The first-order valence-corrected chi connectivity index (χ1v) is 4.63. The van der Waals surface area contributed by atoms with Gasteiger partial charge in [0.05, 0.1) is 18.8 Å². The van der Waals surface area contributed by atoms with Crippen LogP contribution in [0.15, 0.2) is 0 Å². The van der Waals surface area contributed by atoms with Crippen LogP contribution < -0.4 is 0 Å². The first-order chi connectivity index (χ1) is 6.16. The highest BCUT2D eigenvalue weighted by molar-refractivity contribution is 5.66. The summed E-state index contributed by atoms with van der Waals surface area (Å²) < 4.78 is 10.4. The maximum Gasteiger partial charge on any atom is 0.302 e. The minimum atomic E-state index is -0.370. The number of rotatable bonds is 1. The molecule has 4 heteroatoms. The molecule has 2 fully saturated rings. The van der Waals surface area contributed by atoms with Crippen molar-refractivity contribution in [3.63, 3.8) is 0 Å². The molecule has 1 heterocycles. The summed E-state index contributed by atoms with van der Waals surface area (Å²) >= 11 is 0. The smallest absolute Gasteiger partial charge is 0.302 e. The van der Waals surface area contributed by atoms with Gasteiger partial charge in [-0.2, -0.15) is 0 Å². The van der Waals surface area contributed by atoms with Gasteiger partial charge in [0.25, 0.3) is 0 Å². The average molecular weight is 186 g/mol. The van der Waals surface area contributed by atoms with Crippen molar-refractivity contribution in [2.24, 2.45) is 5.92 Å². The summed E-state index contributed by atoms with van der Waals surface area (Å²) in [7, 11) is 0. The largest absolute Gasteiger partial charge is 0.462 e. The molecular formula is C9H14O4. The lowest BCUT2D eigenvalue weighted by atomic mass is 10.0. The Morgan fingerprint density at radius 2 is 2.31 bits per heavy atom. The van der Waals surface area contributed by atoms with E-state index in [1.807, 2.05) is 0 Å². The number of hydrogen-bond acceptors (Lipinski definition) is 4. The van der Waals surface area contributed by atoms with Gasteiger partial charge >= 0.3 is 5.97 Å². The molecule has 0 bridgehead atoms. The van der Waals surface area contributed by atoms with Crippen LogP contribution in [0.3, 0.4) is 0 Å². The Morgan fingerprint density at radius 3 is 2.92 bits per heavy atom. The van der Waals surface area contributed by atoms with E-state index in [-0.39, 0.29) is 30.2 Å². The third-order valence-electron chi connectivity index (χ3n) is 2.82. The van der Waals surface area contributed by atoms with Crippen LogP contribution in [0.5, 0.6) is 0 Å². The molecule has 4 atom stereocenters. The van der Waals surface area contributed by atoms with Crippen LogP contribution >= 0.6 is 0 Å². The fraction of sp³-hybridized carbons (Fsp3) is 0.889. The van der Waals surface area contributed by atoms with Crippen molar-refractivity contribution >= 4 is 5.97 Å². The average Bonchev–Trinajstić information content (AvgIpc) is 2.53. The van der Waals surface area contributed by atoms with E-state index in [9.17, 15) is 9.90 Å². The Morgan fingerprint density at radius 1 is 1.54 bits per heavy atom. The Labute approximate surface area is 76.8 Å². The Kier molecular flexibility index (Phi) is 2.26. The summed E-state index contributed by atoms with van der Waals surface area (Å²) in [6.07, 6.45) is 1.15. The molecule has 1 N–H and O–H groups in total. The van der Waals surface area contributed by atoms with E-state index in [1.165, 1.54) is 6.92 Å². The summed E-state index contributed by atoms with van der Waals surface area (Å²) in [5.41, 5.74) is 0. The molecular weight excluding hydrogens is 172 g/mol. The molecule has 1 aliphatic heterocycles. The quantitative estimate of drug-likeness (QED) is 0.589. The Bertz CT molecular complexity index is 216. The summed E-state index contributed by atoms with van der Waals surface area (Å²) in [6.45, 7) is 1.84. The molecule has 2 rings (SSSR count). The number of aliphatic hydroxyl groups excluding tert-OH is 1. The topological polar surface area (TPSA) is 55.8 Å². The molecule has 0 radical (unpaired) electrons. The molecule has 0 spiro atoms. The van der Waals surface area contributed by atoms with Crippen LogP contribution in [0.25, 0.3) is 0 Å². The normalized spacial score (nSPS) is 43.2. The third-order valence-corrected chi connectivity index (χ3v) is 2.82. The summed E-state index contributed by atoms with van der Waals surface area (Å²) in [4.78, 5) is 10.7. The highest BCUT2D eigenvalue weighted by atomic mass is 16.6. The first kappa shape index (κ1) is 8.97. The van der Waals surface area contributed by atoms with Gasteiger partial charge < -0.3 is 14.6 Å². The van der Waals surface area contributed by atoms with Gasteiger partial charge in [0.1, 0.15) is 6.10 Å². The fourth-order valence-electron chi connectivity index (χ4n) is 2.26. The molecule has 13 heavy (non-hydrogen) atoms. The molecule has 4 unspecified atom stereocenters. The van der Waals surface area contributed by atoms with E-state index >= 15 is 0 Å². The first-order valence-electron chi connectivity index (χ1n) is 4.63. The lowest BCUT2D eigenvalue weighted by Crippen LogP contribution is -2.20. The molecule has 1 saturated heterocycles. The SMILES string of the molecule is CC(=O)OC1CC2OCC(O)C2C1. The van der Waals surface area contributed by atoms with Crippen molar-refractivity contribution in [3.05, 3.63) is 0 Å². The standard InChI is InChI=1S/C9H14O4/c1-5(10)13-6-2-7-8(11)4-12-9(7)3-6/h6-9,11H,2-4H2,1H3. The van der Waals surface area contributed by atoms with Crippen molar-refractivity contribution in [2.75, 3.05) is 6.61 Å². The number of aliphatic hydroxyl groups is 1. The van der Waals surface area contributed by atoms with E-state index in [2.05, 4.69) is 0 Å². The minimum absolute atomic E-state index is 0.0533. The third kappa shape index (κ3) is 1.69. The van der Waals surface area contributed by atoms with Gasteiger partial charge in [-0.15, -0.1) is 0 Å². The fourth-order valence-corrected chi connectivity index (χ4v) is 2.26. The zero-order valence-electron chi connectivity index (χ0n) is 7.60. The zero-order chi connectivity index (χ0) is 9.42. The number of ether oxygens (including phenoxy) is 2. The van der Waals surface area contributed by atoms with Gasteiger partial charge in [-0.1, -0.05) is 0 Å². The monoisotopic (exact) mass is 186 g/mol. The summed E-state index contributed by atoms with van der Waals surface area (Å²) in [6, 6.07) is 0. The van der Waals surface area contributed by atoms with Gasteiger partial charge in [0.2, 0.25) is 0 Å². The molecule has 2 aliphatic rings. The number of esters is 1. The van der Waals surface area contributed by atoms with Crippen molar-refractivity contribution in [1.29, 1.82) is 0 Å². The number of hydrogen-bond donors (Lipinski definition) is 1. The molecule has 0 aromatic heterocycles. The highest BCUT2D eigenvalue weighted by Gasteiger charge is 2.45. The van der Waals surface area contributed by atoms with E-state index in [0.717, 1.165) is 12.8 Å². The van der Waals surface area contributed by atoms with Gasteiger partial charge in [-0.3, -0.25) is 4.79 Å². The van der Waals surface area contributed by atoms with Crippen LogP contribution in [-0.2, 0) is 14.3 Å². The number of carbonyl (C=O) groups excluding carboxylic acids is 1. The second-order valence-electron chi connectivity index (χ2n) is 3.81. The van der Waals surface area contributed by atoms with Gasteiger partial charge in [-0.05, 0) is 6.42 Å². The molecule has 1 aliphatic carbocycles. The van der Waals surface area contributed by atoms with E-state index in [4.69, 9.17) is 9.47 Å². The van der Waals surface area contributed by atoms with Crippen molar-refractivity contribution in [1.82, 2.24) is 0 Å². The van der Waals surface area contributed by atoms with E-state index < -0.39 is 0 Å². The van der Waals surface area contributed by atoms with Crippen LogP contribution in [0.2, 0.25) is 0 Å². The second-order valence-corrected chi connectivity index (χ2v) is 3.81. The molecule has 0 amide bonds. The van der Waals surface area contributed by atoms with Crippen LogP contribution in [-0.4, -0.2) is 36.0 Å². The number of fused-ring (bicyclic) bond motifs is 1. The second kappa shape index (κ2) is 3.27. The molecule has 0 aromatic carbocycles. The van der Waals surface area contributed by atoms with Crippen LogP contribution in [0.1, 0.15) is 19.8 Å². The van der Waals surface area contributed by atoms with Crippen molar-refractivity contribution in [2.45, 2.75) is 38.1 Å². The highest BCUT2D eigenvalue weighted by Crippen LogP contribution is 2.37. The molecule has 1 saturated carbocycles. The summed E-state index contributed by atoms with van der Waals surface area (Å²) in [5, 5.41) is 9.49. The minimum Gasteiger partial charge on any atom is -0.462 e. The zero-order valence-corrected chi connectivity index (χ0v) is 7.60. The Hall–Kier alpha value is -0.610.